The fraction of sp³-hybridized carbons (Fsp3) is 0.571. The van der Waals surface area contributed by atoms with Crippen molar-refractivity contribution in [3.8, 4) is 0 Å². The Hall–Kier alpha value is -0.470. The van der Waals surface area contributed by atoms with E-state index < -0.39 is 0 Å². The topological polar surface area (TPSA) is 26.0 Å². The largest absolute Gasteiger partial charge is 0.327 e. The Balaban J connectivity index is 2.80. The Labute approximate surface area is 104 Å². The van der Waals surface area contributed by atoms with E-state index in [0.29, 0.717) is 6.04 Å². The predicted octanol–water partition coefficient (Wildman–Crippen LogP) is 3.78. The average Bonchev–Trinajstić information content (AvgIpc) is 2.28. The third kappa shape index (κ3) is 4.18. The minimum atomic E-state index is 0.294. The summed E-state index contributed by atoms with van der Waals surface area (Å²) in [6.45, 7) is 6.52. The zero-order valence-corrected chi connectivity index (χ0v) is 11.4. The summed E-state index contributed by atoms with van der Waals surface area (Å²) < 4.78 is 0. The average molecular weight is 237 g/mol. The van der Waals surface area contributed by atoms with Crippen LogP contribution < -0.4 is 5.73 Å². The van der Waals surface area contributed by atoms with Crippen LogP contribution in [0.2, 0.25) is 0 Å². The first-order valence-corrected chi connectivity index (χ1v) is 7.13. The molecule has 2 N–H and O–H groups in total. The molecular weight excluding hydrogens is 214 g/mol. The quantitative estimate of drug-likeness (QED) is 0.762. The molecule has 1 nitrogen and oxygen atoms in total. The first-order valence-electron chi connectivity index (χ1n) is 6.15. The minimum absolute atomic E-state index is 0.294. The van der Waals surface area contributed by atoms with E-state index in [-0.39, 0.29) is 0 Å². The van der Waals surface area contributed by atoms with Gasteiger partial charge in [-0.25, -0.2) is 0 Å². The molecule has 0 aromatic heterocycles. The van der Waals surface area contributed by atoms with Crippen LogP contribution >= 0.6 is 11.8 Å². The second-order valence-corrected chi connectivity index (χ2v) is 5.47. The number of aryl methyl sites for hydroxylation is 1. The molecule has 1 aromatic carbocycles. The summed E-state index contributed by atoms with van der Waals surface area (Å²) in [6.07, 6.45) is 3.27. The van der Waals surface area contributed by atoms with Gasteiger partial charge in [-0.15, -0.1) is 11.8 Å². The van der Waals surface area contributed by atoms with Gasteiger partial charge in [-0.1, -0.05) is 31.5 Å². The molecule has 0 aliphatic rings. The molecule has 16 heavy (non-hydrogen) atoms. The minimum Gasteiger partial charge on any atom is -0.327 e. The van der Waals surface area contributed by atoms with Gasteiger partial charge in [0.05, 0.1) is 0 Å². The van der Waals surface area contributed by atoms with Gasteiger partial charge in [0.1, 0.15) is 0 Å². The first-order chi connectivity index (χ1) is 7.67. The number of hydrogen-bond donors (Lipinski definition) is 1. The molecule has 0 heterocycles. The molecule has 0 amide bonds. The maximum Gasteiger partial charge on any atom is 0.0105 e. The smallest absolute Gasteiger partial charge is 0.0105 e. The van der Waals surface area contributed by atoms with E-state index in [9.17, 15) is 0 Å². The molecule has 0 saturated heterocycles. The van der Waals surface area contributed by atoms with Gasteiger partial charge in [-0.3, -0.25) is 0 Å². The SMILES string of the molecule is CCCSc1ccc(C)cc1CC(N)CC. The molecule has 1 rings (SSSR count). The van der Waals surface area contributed by atoms with Crippen LogP contribution in [0.4, 0.5) is 0 Å². The van der Waals surface area contributed by atoms with Crippen molar-refractivity contribution in [3.05, 3.63) is 29.3 Å². The van der Waals surface area contributed by atoms with E-state index in [0.717, 1.165) is 12.8 Å². The predicted molar refractivity (Wildman–Crippen MR) is 74.2 cm³/mol. The molecule has 0 radical (unpaired) electrons. The zero-order chi connectivity index (χ0) is 12.0. The van der Waals surface area contributed by atoms with Crippen LogP contribution in [-0.4, -0.2) is 11.8 Å². The van der Waals surface area contributed by atoms with Crippen molar-refractivity contribution in [1.29, 1.82) is 0 Å². The van der Waals surface area contributed by atoms with E-state index >= 15 is 0 Å². The van der Waals surface area contributed by atoms with Crippen molar-refractivity contribution in [1.82, 2.24) is 0 Å². The summed E-state index contributed by atoms with van der Waals surface area (Å²) in [5.41, 5.74) is 8.80. The van der Waals surface area contributed by atoms with E-state index in [1.165, 1.54) is 28.2 Å². The fourth-order valence-electron chi connectivity index (χ4n) is 1.65. The molecule has 0 fully saturated rings. The standard InChI is InChI=1S/C14H23NS/c1-4-8-16-14-7-6-11(3)9-12(14)10-13(15)5-2/h6-7,9,13H,4-5,8,10,15H2,1-3H3. The Bertz CT molecular complexity index is 323. The van der Waals surface area contributed by atoms with Gasteiger partial charge >= 0.3 is 0 Å². The number of nitrogens with two attached hydrogens (primary N) is 1. The summed E-state index contributed by atoms with van der Waals surface area (Å²) in [4.78, 5) is 1.41. The molecule has 0 saturated carbocycles. The highest BCUT2D eigenvalue weighted by Crippen LogP contribution is 2.25. The molecule has 1 aromatic rings. The third-order valence-corrected chi connectivity index (χ3v) is 4.01. The van der Waals surface area contributed by atoms with Gasteiger partial charge in [-0.2, -0.15) is 0 Å². The lowest BCUT2D eigenvalue weighted by Gasteiger charge is -2.13. The molecule has 90 valence electrons. The molecule has 0 bridgehead atoms. The Morgan fingerprint density at radius 2 is 2.06 bits per heavy atom. The van der Waals surface area contributed by atoms with Crippen molar-refractivity contribution >= 4 is 11.8 Å². The van der Waals surface area contributed by atoms with Crippen LogP contribution in [0.25, 0.3) is 0 Å². The zero-order valence-electron chi connectivity index (χ0n) is 10.6. The summed E-state index contributed by atoms with van der Waals surface area (Å²) >= 11 is 1.95. The molecular formula is C14H23NS. The van der Waals surface area contributed by atoms with Crippen LogP contribution in [0.3, 0.4) is 0 Å². The normalized spacial score (nSPS) is 12.8. The lowest BCUT2D eigenvalue weighted by molar-refractivity contribution is 0.641. The number of hydrogen-bond acceptors (Lipinski definition) is 2. The summed E-state index contributed by atoms with van der Waals surface area (Å²) in [5.74, 6) is 1.19. The molecule has 2 heteroatoms. The van der Waals surface area contributed by atoms with Crippen molar-refractivity contribution in [2.24, 2.45) is 5.73 Å². The van der Waals surface area contributed by atoms with Gasteiger partial charge in [0.25, 0.3) is 0 Å². The van der Waals surface area contributed by atoms with E-state index in [1.54, 1.807) is 0 Å². The second-order valence-electron chi connectivity index (χ2n) is 4.33. The second kappa shape index (κ2) is 6.97. The van der Waals surface area contributed by atoms with Crippen LogP contribution in [0.5, 0.6) is 0 Å². The van der Waals surface area contributed by atoms with E-state index in [2.05, 4.69) is 39.0 Å². The fourth-order valence-corrected chi connectivity index (χ4v) is 2.56. The van der Waals surface area contributed by atoms with Crippen molar-refractivity contribution < 1.29 is 0 Å². The van der Waals surface area contributed by atoms with Gasteiger partial charge in [0.2, 0.25) is 0 Å². The van der Waals surface area contributed by atoms with Crippen molar-refractivity contribution in [2.75, 3.05) is 5.75 Å². The van der Waals surface area contributed by atoms with E-state index in [1.807, 2.05) is 11.8 Å². The molecule has 1 unspecified atom stereocenters. The maximum absolute atomic E-state index is 6.04. The van der Waals surface area contributed by atoms with Crippen LogP contribution in [0.1, 0.15) is 37.8 Å². The molecule has 0 spiro atoms. The summed E-state index contributed by atoms with van der Waals surface area (Å²) in [7, 11) is 0. The van der Waals surface area contributed by atoms with Crippen molar-refractivity contribution in [2.45, 2.75) is 51.0 Å². The maximum atomic E-state index is 6.04. The highest BCUT2D eigenvalue weighted by Gasteiger charge is 2.07. The molecule has 0 aliphatic heterocycles. The van der Waals surface area contributed by atoms with Gasteiger partial charge in [-0.05, 0) is 43.6 Å². The lowest BCUT2D eigenvalue weighted by atomic mass is 10.0. The number of benzene rings is 1. The van der Waals surface area contributed by atoms with Gasteiger partial charge in [0.15, 0.2) is 0 Å². The van der Waals surface area contributed by atoms with Crippen LogP contribution in [0.15, 0.2) is 23.1 Å². The number of rotatable bonds is 6. The first kappa shape index (κ1) is 13.6. The third-order valence-electron chi connectivity index (χ3n) is 2.68. The monoisotopic (exact) mass is 237 g/mol. The van der Waals surface area contributed by atoms with Crippen LogP contribution in [0, 0.1) is 6.92 Å². The van der Waals surface area contributed by atoms with Crippen LogP contribution in [-0.2, 0) is 6.42 Å². The van der Waals surface area contributed by atoms with Crippen molar-refractivity contribution in [3.63, 3.8) is 0 Å². The Kier molecular flexibility index (Phi) is 5.93. The molecule has 0 aliphatic carbocycles. The van der Waals surface area contributed by atoms with Gasteiger partial charge < -0.3 is 5.73 Å². The highest BCUT2D eigenvalue weighted by atomic mass is 32.2. The number of thioether (sulfide) groups is 1. The Morgan fingerprint density at radius 3 is 2.69 bits per heavy atom. The summed E-state index contributed by atoms with van der Waals surface area (Å²) in [6, 6.07) is 7.02. The highest BCUT2D eigenvalue weighted by molar-refractivity contribution is 7.99. The summed E-state index contributed by atoms with van der Waals surface area (Å²) in [5, 5.41) is 0. The Morgan fingerprint density at radius 1 is 1.31 bits per heavy atom. The lowest BCUT2D eigenvalue weighted by Crippen LogP contribution is -2.21. The van der Waals surface area contributed by atoms with E-state index in [4.69, 9.17) is 5.73 Å². The molecule has 1 atom stereocenters. The van der Waals surface area contributed by atoms with Gasteiger partial charge in [0, 0.05) is 10.9 Å².